The van der Waals surface area contributed by atoms with Gasteiger partial charge in [0.05, 0.1) is 25.3 Å². The molecule has 0 saturated carbocycles. The lowest BCUT2D eigenvalue weighted by atomic mass is 10.1. The number of pyridine rings is 1. The molecule has 0 aliphatic carbocycles. The number of aromatic amines is 1. The van der Waals surface area contributed by atoms with E-state index in [4.69, 9.17) is 21.7 Å². The molecule has 8 heteroatoms. The van der Waals surface area contributed by atoms with Crippen molar-refractivity contribution in [1.29, 1.82) is 0 Å². The minimum atomic E-state index is -0.108. The maximum Gasteiger partial charge on any atom is 0.253 e. The highest BCUT2D eigenvalue weighted by atomic mass is 32.1. The SMILES string of the molecule is COc1ccc2cc(CN(C[C@@H]3CCCO3)C(=S)NCCCN(C)C)c(=O)[nH]c2c1. The quantitative estimate of drug-likeness (QED) is 0.466. The molecular weight excluding hydrogens is 400 g/mol. The van der Waals surface area contributed by atoms with E-state index in [0.717, 1.165) is 49.9 Å². The van der Waals surface area contributed by atoms with Crippen molar-refractivity contribution in [2.24, 2.45) is 0 Å². The fraction of sp³-hybridized carbons (Fsp3) is 0.545. The number of thiocarbonyl (C=S) groups is 1. The highest BCUT2D eigenvalue weighted by Gasteiger charge is 2.22. The van der Waals surface area contributed by atoms with Crippen LogP contribution in [-0.4, -0.2) is 73.4 Å². The zero-order valence-corrected chi connectivity index (χ0v) is 18.9. The van der Waals surface area contributed by atoms with Gasteiger partial charge in [0.1, 0.15) is 5.75 Å². The Balaban J connectivity index is 1.74. The summed E-state index contributed by atoms with van der Waals surface area (Å²) in [6.45, 7) is 3.71. The number of nitrogens with one attached hydrogen (secondary N) is 2. The number of hydrogen-bond acceptors (Lipinski definition) is 5. The van der Waals surface area contributed by atoms with E-state index in [1.54, 1.807) is 7.11 Å². The van der Waals surface area contributed by atoms with Crippen LogP contribution in [0.15, 0.2) is 29.1 Å². The predicted octanol–water partition coefficient (Wildman–Crippen LogP) is 2.34. The molecule has 2 N–H and O–H groups in total. The van der Waals surface area contributed by atoms with Gasteiger partial charge in [-0.05, 0) is 75.7 Å². The molecule has 1 atom stereocenters. The Hall–Kier alpha value is -2.16. The smallest absolute Gasteiger partial charge is 0.253 e. The second-order valence-electron chi connectivity index (χ2n) is 7.98. The van der Waals surface area contributed by atoms with Crippen LogP contribution >= 0.6 is 12.2 Å². The van der Waals surface area contributed by atoms with Crippen LogP contribution in [0.3, 0.4) is 0 Å². The van der Waals surface area contributed by atoms with Gasteiger partial charge >= 0.3 is 0 Å². The molecule has 3 rings (SSSR count). The summed E-state index contributed by atoms with van der Waals surface area (Å²) in [5.41, 5.74) is 1.34. The lowest BCUT2D eigenvalue weighted by molar-refractivity contribution is 0.0897. The van der Waals surface area contributed by atoms with E-state index in [-0.39, 0.29) is 11.7 Å². The van der Waals surface area contributed by atoms with Gasteiger partial charge in [-0.3, -0.25) is 4.79 Å². The van der Waals surface area contributed by atoms with Gasteiger partial charge in [0, 0.05) is 31.3 Å². The largest absolute Gasteiger partial charge is 0.497 e. The molecule has 0 unspecified atom stereocenters. The predicted molar refractivity (Wildman–Crippen MR) is 124 cm³/mol. The van der Waals surface area contributed by atoms with Crippen LogP contribution in [0.5, 0.6) is 5.75 Å². The van der Waals surface area contributed by atoms with Crippen LogP contribution < -0.4 is 15.6 Å². The Morgan fingerprint density at radius 3 is 2.90 bits per heavy atom. The number of ether oxygens (including phenoxy) is 2. The van der Waals surface area contributed by atoms with Gasteiger partial charge in [0.15, 0.2) is 5.11 Å². The topological polar surface area (TPSA) is 69.8 Å². The minimum Gasteiger partial charge on any atom is -0.497 e. The number of nitrogens with zero attached hydrogens (tertiary/aromatic N) is 2. The normalized spacial score (nSPS) is 16.2. The Kier molecular flexibility index (Phi) is 8.07. The molecule has 0 spiro atoms. The van der Waals surface area contributed by atoms with Gasteiger partial charge in [-0.15, -0.1) is 0 Å². The highest BCUT2D eigenvalue weighted by Crippen LogP contribution is 2.20. The van der Waals surface area contributed by atoms with Crippen molar-refractivity contribution in [3.63, 3.8) is 0 Å². The molecule has 1 aromatic heterocycles. The Morgan fingerprint density at radius 2 is 2.20 bits per heavy atom. The number of H-pyrrole nitrogens is 1. The third-order valence-corrected chi connectivity index (χ3v) is 5.69. The number of aromatic nitrogens is 1. The Bertz CT molecular complexity index is 909. The third kappa shape index (κ3) is 6.17. The maximum atomic E-state index is 12.7. The molecule has 2 heterocycles. The van der Waals surface area contributed by atoms with Crippen molar-refractivity contribution in [2.75, 3.05) is 47.4 Å². The van der Waals surface area contributed by atoms with E-state index in [0.29, 0.717) is 29.5 Å². The average molecular weight is 433 g/mol. The molecule has 0 amide bonds. The van der Waals surface area contributed by atoms with E-state index >= 15 is 0 Å². The lowest BCUT2D eigenvalue weighted by Gasteiger charge is -2.28. The molecule has 1 aliphatic heterocycles. The molecule has 1 fully saturated rings. The Morgan fingerprint density at radius 1 is 1.37 bits per heavy atom. The Labute approximate surface area is 183 Å². The van der Waals surface area contributed by atoms with Crippen molar-refractivity contribution >= 4 is 28.2 Å². The first-order chi connectivity index (χ1) is 14.5. The van der Waals surface area contributed by atoms with Gasteiger partial charge < -0.3 is 29.6 Å². The van der Waals surface area contributed by atoms with Gasteiger partial charge in [-0.2, -0.15) is 0 Å². The van der Waals surface area contributed by atoms with Crippen molar-refractivity contribution in [3.05, 3.63) is 40.2 Å². The number of methoxy groups -OCH3 is 1. The molecule has 1 aromatic carbocycles. The average Bonchev–Trinajstić information content (AvgIpc) is 3.23. The van der Waals surface area contributed by atoms with E-state index in [2.05, 4.69) is 34.2 Å². The summed E-state index contributed by atoms with van der Waals surface area (Å²) in [5.74, 6) is 0.717. The summed E-state index contributed by atoms with van der Waals surface area (Å²) in [4.78, 5) is 19.9. The molecule has 0 radical (unpaired) electrons. The fourth-order valence-corrected chi connectivity index (χ4v) is 3.87. The first-order valence-electron chi connectivity index (χ1n) is 10.5. The molecule has 2 aromatic rings. The number of hydrogen-bond donors (Lipinski definition) is 2. The molecule has 1 aliphatic rings. The first-order valence-corrected chi connectivity index (χ1v) is 10.9. The summed E-state index contributed by atoms with van der Waals surface area (Å²) in [6.07, 6.45) is 3.24. The van der Waals surface area contributed by atoms with Crippen LogP contribution in [-0.2, 0) is 11.3 Å². The summed E-state index contributed by atoms with van der Waals surface area (Å²) in [6, 6.07) is 7.62. The van der Waals surface area contributed by atoms with Crippen molar-refractivity contribution < 1.29 is 9.47 Å². The number of benzene rings is 1. The number of fused-ring (bicyclic) bond motifs is 1. The van der Waals surface area contributed by atoms with Gasteiger partial charge in [0.2, 0.25) is 0 Å². The van der Waals surface area contributed by atoms with E-state index < -0.39 is 0 Å². The second-order valence-corrected chi connectivity index (χ2v) is 8.37. The van der Waals surface area contributed by atoms with Gasteiger partial charge in [-0.25, -0.2) is 0 Å². The van der Waals surface area contributed by atoms with E-state index in [1.165, 1.54) is 0 Å². The molecule has 0 bridgehead atoms. The first kappa shape index (κ1) is 22.5. The molecule has 30 heavy (non-hydrogen) atoms. The monoisotopic (exact) mass is 432 g/mol. The lowest BCUT2D eigenvalue weighted by Crippen LogP contribution is -2.44. The van der Waals surface area contributed by atoms with E-state index in [9.17, 15) is 4.79 Å². The molecule has 1 saturated heterocycles. The summed E-state index contributed by atoms with van der Waals surface area (Å²) in [7, 11) is 5.73. The molecular formula is C22H32N4O3S. The van der Waals surface area contributed by atoms with Crippen LogP contribution in [0.1, 0.15) is 24.8 Å². The minimum absolute atomic E-state index is 0.108. The van der Waals surface area contributed by atoms with Crippen LogP contribution in [0.2, 0.25) is 0 Å². The number of rotatable bonds is 9. The zero-order chi connectivity index (χ0) is 21.5. The van der Waals surface area contributed by atoms with Crippen molar-refractivity contribution in [3.8, 4) is 5.75 Å². The highest BCUT2D eigenvalue weighted by molar-refractivity contribution is 7.80. The zero-order valence-electron chi connectivity index (χ0n) is 18.1. The molecule has 164 valence electrons. The van der Waals surface area contributed by atoms with Crippen molar-refractivity contribution in [1.82, 2.24) is 20.1 Å². The van der Waals surface area contributed by atoms with Crippen LogP contribution in [0.25, 0.3) is 10.9 Å². The van der Waals surface area contributed by atoms with Crippen LogP contribution in [0.4, 0.5) is 0 Å². The van der Waals surface area contributed by atoms with E-state index in [1.807, 2.05) is 24.3 Å². The van der Waals surface area contributed by atoms with Crippen molar-refractivity contribution in [2.45, 2.75) is 31.9 Å². The summed E-state index contributed by atoms with van der Waals surface area (Å²) < 4.78 is 11.1. The fourth-order valence-electron chi connectivity index (χ4n) is 3.63. The van der Waals surface area contributed by atoms with Crippen LogP contribution in [0, 0.1) is 0 Å². The summed E-state index contributed by atoms with van der Waals surface area (Å²) >= 11 is 5.68. The standard InChI is InChI=1S/C22H32N4O3S/c1-25(2)10-5-9-23-22(30)26(15-19-6-4-11-29-19)14-17-12-16-7-8-18(28-3)13-20(16)24-21(17)27/h7-8,12-13,19H,4-6,9-11,14-15H2,1-3H3,(H,23,30)(H,24,27)/t19-/m0/s1. The third-order valence-electron chi connectivity index (χ3n) is 5.28. The maximum absolute atomic E-state index is 12.7. The van der Waals surface area contributed by atoms with Gasteiger partial charge in [0.25, 0.3) is 5.56 Å². The summed E-state index contributed by atoms with van der Waals surface area (Å²) in [5, 5.41) is 4.98. The second kappa shape index (κ2) is 10.7. The molecule has 7 nitrogen and oxygen atoms in total. The van der Waals surface area contributed by atoms with Gasteiger partial charge in [-0.1, -0.05) is 0 Å².